The molecule has 0 fully saturated rings. The van der Waals surface area contributed by atoms with Crippen LogP contribution in [0.5, 0.6) is 0 Å². The minimum atomic E-state index is -0.345. The van der Waals surface area contributed by atoms with E-state index < -0.39 is 0 Å². The molecule has 108 valence electrons. The van der Waals surface area contributed by atoms with Crippen LogP contribution in [0.4, 0.5) is 0 Å². The SMILES string of the molecule is Cc1nn(-c2ccc(Cl)cc2)c(C)c1CNCC(C)O. The Morgan fingerprint density at radius 1 is 1.30 bits per heavy atom. The number of halogens is 1. The van der Waals surface area contributed by atoms with Crippen LogP contribution < -0.4 is 5.32 Å². The lowest BCUT2D eigenvalue weighted by Gasteiger charge is -2.08. The third kappa shape index (κ3) is 3.39. The predicted octanol–water partition coefficient (Wildman–Crippen LogP) is 2.61. The lowest BCUT2D eigenvalue weighted by atomic mass is 10.2. The van der Waals surface area contributed by atoms with Crippen molar-refractivity contribution in [1.29, 1.82) is 0 Å². The van der Waals surface area contributed by atoms with E-state index in [1.165, 1.54) is 5.56 Å². The fourth-order valence-electron chi connectivity index (χ4n) is 2.17. The van der Waals surface area contributed by atoms with Gasteiger partial charge in [-0.25, -0.2) is 4.68 Å². The van der Waals surface area contributed by atoms with Crippen LogP contribution in [0.2, 0.25) is 5.02 Å². The molecule has 0 bridgehead atoms. The van der Waals surface area contributed by atoms with Gasteiger partial charge in [-0.15, -0.1) is 0 Å². The summed E-state index contributed by atoms with van der Waals surface area (Å²) in [6.07, 6.45) is -0.345. The van der Waals surface area contributed by atoms with Gasteiger partial charge in [0.25, 0.3) is 0 Å². The van der Waals surface area contributed by atoms with Gasteiger partial charge in [0.05, 0.1) is 17.5 Å². The molecule has 1 unspecified atom stereocenters. The standard InChI is InChI=1S/C15H20ClN3O/c1-10(20)8-17-9-15-11(2)18-19(12(15)3)14-6-4-13(16)5-7-14/h4-7,10,17,20H,8-9H2,1-3H3. The first-order valence-electron chi connectivity index (χ1n) is 6.69. The second-order valence-corrected chi connectivity index (χ2v) is 5.45. The number of nitrogens with zero attached hydrogens (tertiary/aromatic N) is 2. The maximum atomic E-state index is 9.28. The van der Waals surface area contributed by atoms with Crippen LogP contribution in [0.15, 0.2) is 24.3 Å². The molecule has 5 heteroatoms. The Hall–Kier alpha value is -1.36. The van der Waals surface area contributed by atoms with Crippen molar-refractivity contribution in [3.8, 4) is 5.69 Å². The summed E-state index contributed by atoms with van der Waals surface area (Å²) in [4.78, 5) is 0. The van der Waals surface area contributed by atoms with Crippen LogP contribution in [0.3, 0.4) is 0 Å². The number of hydrogen-bond acceptors (Lipinski definition) is 3. The van der Waals surface area contributed by atoms with Gasteiger partial charge in [0.2, 0.25) is 0 Å². The number of hydrogen-bond donors (Lipinski definition) is 2. The summed E-state index contributed by atoms with van der Waals surface area (Å²) >= 11 is 5.91. The van der Waals surface area contributed by atoms with E-state index in [1.54, 1.807) is 6.92 Å². The summed E-state index contributed by atoms with van der Waals surface area (Å²) in [5.41, 5.74) is 4.26. The summed E-state index contributed by atoms with van der Waals surface area (Å²) in [6.45, 7) is 7.10. The van der Waals surface area contributed by atoms with Crippen molar-refractivity contribution in [2.45, 2.75) is 33.4 Å². The summed E-state index contributed by atoms with van der Waals surface area (Å²) in [7, 11) is 0. The van der Waals surface area contributed by atoms with E-state index in [-0.39, 0.29) is 6.10 Å². The van der Waals surface area contributed by atoms with Gasteiger partial charge in [0.1, 0.15) is 0 Å². The quantitative estimate of drug-likeness (QED) is 0.891. The van der Waals surface area contributed by atoms with Crippen molar-refractivity contribution < 1.29 is 5.11 Å². The Morgan fingerprint density at radius 3 is 2.55 bits per heavy atom. The Kier molecular flexibility index (Phi) is 4.81. The molecule has 0 spiro atoms. The molecule has 20 heavy (non-hydrogen) atoms. The molecule has 0 saturated heterocycles. The van der Waals surface area contributed by atoms with Gasteiger partial charge < -0.3 is 10.4 Å². The minimum absolute atomic E-state index is 0.345. The molecule has 0 aliphatic heterocycles. The Morgan fingerprint density at radius 2 is 1.95 bits per heavy atom. The largest absolute Gasteiger partial charge is 0.392 e. The molecule has 2 rings (SSSR count). The van der Waals surface area contributed by atoms with E-state index in [9.17, 15) is 5.11 Å². The molecule has 1 aromatic heterocycles. The maximum absolute atomic E-state index is 9.28. The highest BCUT2D eigenvalue weighted by Gasteiger charge is 2.12. The second-order valence-electron chi connectivity index (χ2n) is 5.02. The lowest BCUT2D eigenvalue weighted by molar-refractivity contribution is 0.191. The molecule has 1 heterocycles. The topological polar surface area (TPSA) is 50.1 Å². The van der Waals surface area contributed by atoms with Crippen LogP contribution >= 0.6 is 11.6 Å². The van der Waals surface area contributed by atoms with Crippen molar-refractivity contribution in [1.82, 2.24) is 15.1 Å². The van der Waals surface area contributed by atoms with Gasteiger partial charge in [-0.3, -0.25) is 0 Å². The fourth-order valence-corrected chi connectivity index (χ4v) is 2.30. The smallest absolute Gasteiger partial charge is 0.0649 e. The van der Waals surface area contributed by atoms with Gasteiger partial charge in [-0.1, -0.05) is 11.6 Å². The fraction of sp³-hybridized carbons (Fsp3) is 0.400. The van der Waals surface area contributed by atoms with Crippen molar-refractivity contribution in [2.75, 3.05) is 6.54 Å². The number of benzene rings is 1. The van der Waals surface area contributed by atoms with Crippen molar-refractivity contribution in [3.63, 3.8) is 0 Å². The predicted molar refractivity (Wildman–Crippen MR) is 81.4 cm³/mol. The second kappa shape index (κ2) is 6.39. The molecule has 0 aliphatic carbocycles. The zero-order valence-corrected chi connectivity index (χ0v) is 12.8. The molecule has 0 saturated carbocycles. The van der Waals surface area contributed by atoms with Gasteiger partial charge in [0, 0.05) is 29.4 Å². The van der Waals surface area contributed by atoms with Crippen LogP contribution in [0.1, 0.15) is 23.9 Å². The number of rotatable bonds is 5. The first-order chi connectivity index (χ1) is 9.49. The van der Waals surface area contributed by atoms with Crippen LogP contribution in [0.25, 0.3) is 5.69 Å². The van der Waals surface area contributed by atoms with E-state index in [2.05, 4.69) is 10.4 Å². The van der Waals surface area contributed by atoms with E-state index in [1.807, 2.05) is 42.8 Å². The summed E-state index contributed by atoms with van der Waals surface area (Å²) in [6, 6.07) is 7.63. The lowest BCUT2D eigenvalue weighted by Crippen LogP contribution is -2.24. The third-order valence-electron chi connectivity index (χ3n) is 3.25. The van der Waals surface area contributed by atoms with Crippen LogP contribution in [-0.4, -0.2) is 27.5 Å². The van der Waals surface area contributed by atoms with Gasteiger partial charge in [-0.2, -0.15) is 5.10 Å². The average molecular weight is 294 g/mol. The van der Waals surface area contributed by atoms with Crippen molar-refractivity contribution in [2.24, 2.45) is 0 Å². The van der Waals surface area contributed by atoms with E-state index in [0.717, 1.165) is 17.1 Å². The van der Waals surface area contributed by atoms with Crippen LogP contribution in [0, 0.1) is 13.8 Å². The summed E-state index contributed by atoms with van der Waals surface area (Å²) in [5, 5.41) is 17.8. The summed E-state index contributed by atoms with van der Waals surface area (Å²) in [5.74, 6) is 0. The first-order valence-corrected chi connectivity index (χ1v) is 7.06. The number of aliphatic hydroxyl groups excluding tert-OH is 1. The van der Waals surface area contributed by atoms with Crippen molar-refractivity contribution in [3.05, 3.63) is 46.2 Å². The monoisotopic (exact) mass is 293 g/mol. The van der Waals surface area contributed by atoms with Gasteiger partial charge >= 0.3 is 0 Å². The zero-order chi connectivity index (χ0) is 14.7. The molecule has 2 N–H and O–H groups in total. The normalized spacial score (nSPS) is 12.7. The minimum Gasteiger partial charge on any atom is -0.392 e. The molecular formula is C15H20ClN3O. The van der Waals surface area contributed by atoms with E-state index in [4.69, 9.17) is 11.6 Å². The highest BCUT2D eigenvalue weighted by Crippen LogP contribution is 2.19. The number of nitrogens with one attached hydrogen (secondary N) is 1. The van der Waals surface area contributed by atoms with E-state index in [0.29, 0.717) is 18.1 Å². The van der Waals surface area contributed by atoms with Gasteiger partial charge in [-0.05, 0) is 45.0 Å². The molecule has 0 amide bonds. The average Bonchev–Trinajstić information content (AvgIpc) is 2.67. The third-order valence-corrected chi connectivity index (χ3v) is 3.51. The molecule has 1 aromatic carbocycles. The highest BCUT2D eigenvalue weighted by molar-refractivity contribution is 6.30. The highest BCUT2D eigenvalue weighted by atomic mass is 35.5. The Bertz CT molecular complexity index is 576. The number of aryl methyl sites for hydroxylation is 1. The molecule has 0 aliphatic rings. The van der Waals surface area contributed by atoms with E-state index >= 15 is 0 Å². The molecule has 1 atom stereocenters. The zero-order valence-electron chi connectivity index (χ0n) is 12.0. The number of aliphatic hydroxyl groups is 1. The molecular weight excluding hydrogens is 274 g/mol. The first kappa shape index (κ1) is 15.0. The molecule has 2 aromatic rings. The van der Waals surface area contributed by atoms with Gasteiger partial charge in [0.15, 0.2) is 0 Å². The molecule has 0 radical (unpaired) electrons. The van der Waals surface area contributed by atoms with Crippen molar-refractivity contribution >= 4 is 11.6 Å². The van der Waals surface area contributed by atoms with Crippen LogP contribution in [-0.2, 0) is 6.54 Å². The summed E-state index contributed by atoms with van der Waals surface area (Å²) < 4.78 is 1.92. The number of aromatic nitrogens is 2. The Labute approximate surface area is 124 Å². The molecule has 4 nitrogen and oxygen atoms in total. The Balaban J connectivity index is 2.22. The maximum Gasteiger partial charge on any atom is 0.0649 e.